The molecule has 0 saturated carbocycles. The van der Waals surface area contributed by atoms with Gasteiger partial charge in [-0.25, -0.2) is 9.78 Å². The maximum atomic E-state index is 12.4. The van der Waals surface area contributed by atoms with Crippen LogP contribution in [0.5, 0.6) is 5.88 Å². The molecule has 3 heterocycles. The smallest absolute Gasteiger partial charge is 0.337 e. The van der Waals surface area contributed by atoms with Crippen LogP contribution in [0.4, 0.5) is 5.69 Å². The van der Waals surface area contributed by atoms with Gasteiger partial charge in [-0.05, 0) is 57.6 Å². The summed E-state index contributed by atoms with van der Waals surface area (Å²) in [5, 5.41) is 10.2. The molecule has 0 spiro atoms. The first-order valence-electron chi connectivity index (χ1n) is 11.1. The largest absolute Gasteiger partial charge is 0.481 e. The standard InChI is InChI=1S/C25H35N3O4/c1-16-20(22(23(29)30)32-24(2,3)4)21(28-12-9-25(5,6)10-13-28)18(15-27-16)17-8-11-26-19(14-17)31-7/h8,11,14-15,22H,9-10,12-13H2,1-7H3,(H,29,30)/t22-/m0/s1. The minimum absolute atomic E-state index is 0.257. The van der Waals surface area contributed by atoms with Crippen molar-refractivity contribution in [3.63, 3.8) is 0 Å². The molecule has 1 N–H and O–H groups in total. The van der Waals surface area contributed by atoms with Gasteiger partial charge in [0, 0.05) is 48.4 Å². The van der Waals surface area contributed by atoms with Gasteiger partial charge in [-0.2, -0.15) is 0 Å². The topological polar surface area (TPSA) is 84.8 Å². The highest BCUT2D eigenvalue weighted by molar-refractivity contribution is 5.86. The number of aliphatic carboxylic acids is 1. The van der Waals surface area contributed by atoms with Crippen LogP contribution < -0.4 is 9.64 Å². The lowest BCUT2D eigenvalue weighted by Gasteiger charge is -2.41. The van der Waals surface area contributed by atoms with E-state index in [1.807, 2.05) is 46.0 Å². The zero-order valence-corrected chi connectivity index (χ0v) is 20.2. The van der Waals surface area contributed by atoms with E-state index in [4.69, 9.17) is 9.47 Å². The van der Waals surface area contributed by atoms with Crippen molar-refractivity contribution in [3.8, 4) is 17.0 Å². The Kier molecular flexibility index (Phi) is 6.79. The van der Waals surface area contributed by atoms with Crippen LogP contribution in [-0.2, 0) is 9.53 Å². The molecule has 0 amide bonds. The molecular formula is C25H35N3O4. The molecule has 0 unspecified atom stereocenters. The van der Waals surface area contributed by atoms with Gasteiger partial charge in [0.25, 0.3) is 0 Å². The number of rotatable bonds is 6. The monoisotopic (exact) mass is 441 g/mol. The Bertz CT molecular complexity index is 972. The van der Waals surface area contributed by atoms with Crippen molar-refractivity contribution in [3.05, 3.63) is 35.8 Å². The lowest BCUT2D eigenvalue weighted by molar-refractivity contribution is -0.160. The quantitative estimate of drug-likeness (QED) is 0.673. The number of ether oxygens (including phenoxy) is 2. The Morgan fingerprint density at radius 2 is 1.88 bits per heavy atom. The van der Waals surface area contributed by atoms with Gasteiger partial charge in [0.05, 0.1) is 18.4 Å². The van der Waals surface area contributed by atoms with E-state index in [9.17, 15) is 9.90 Å². The van der Waals surface area contributed by atoms with Crippen molar-refractivity contribution < 1.29 is 19.4 Å². The van der Waals surface area contributed by atoms with Crippen molar-refractivity contribution in [2.45, 2.75) is 66.1 Å². The summed E-state index contributed by atoms with van der Waals surface area (Å²) in [5.41, 5.74) is 3.50. The fourth-order valence-corrected chi connectivity index (χ4v) is 4.08. The van der Waals surface area contributed by atoms with Gasteiger partial charge in [-0.3, -0.25) is 4.98 Å². The van der Waals surface area contributed by atoms with Crippen LogP contribution in [0.2, 0.25) is 0 Å². The Morgan fingerprint density at radius 1 is 1.22 bits per heavy atom. The number of piperidine rings is 1. The van der Waals surface area contributed by atoms with Crippen molar-refractivity contribution in [2.75, 3.05) is 25.1 Å². The van der Waals surface area contributed by atoms with E-state index in [2.05, 4.69) is 28.7 Å². The molecular weight excluding hydrogens is 406 g/mol. The number of aryl methyl sites for hydroxylation is 1. The lowest BCUT2D eigenvalue weighted by Crippen LogP contribution is -2.39. The second kappa shape index (κ2) is 9.06. The average molecular weight is 442 g/mol. The number of aromatic nitrogens is 2. The van der Waals surface area contributed by atoms with E-state index in [0.29, 0.717) is 17.1 Å². The van der Waals surface area contributed by atoms with Gasteiger partial charge >= 0.3 is 5.97 Å². The van der Waals surface area contributed by atoms with Crippen LogP contribution in [0.3, 0.4) is 0 Å². The summed E-state index contributed by atoms with van der Waals surface area (Å²) in [7, 11) is 1.58. The molecule has 7 heteroatoms. The van der Waals surface area contributed by atoms with E-state index in [0.717, 1.165) is 42.7 Å². The van der Waals surface area contributed by atoms with Crippen molar-refractivity contribution >= 4 is 11.7 Å². The molecule has 7 nitrogen and oxygen atoms in total. The summed E-state index contributed by atoms with van der Waals surface area (Å²) in [5.74, 6) is -0.524. The first kappa shape index (κ1) is 24.0. The molecule has 1 aliphatic heterocycles. The van der Waals surface area contributed by atoms with Gasteiger partial charge in [0.1, 0.15) is 0 Å². The minimum Gasteiger partial charge on any atom is -0.481 e. The number of hydrogen-bond donors (Lipinski definition) is 1. The molecule has 174 valence electrons. The van der Waals surface area contributed by atoms with E-state index in [1.54, 1.807) is 13.3 Å². The molecule has 1 atom stereocenters. The molecule has 2 aromatic rings. The Balaban J connectivity index is 2.24. The van der Waals surface area contributed by atoms with Crippen LogP contribution in [-0.4, -0.2) is 46.8 Å². The second-order valence-electron chi connectivity index (χ2n) is 10.2. The van der Waals surface area contributed by atoms with Crippen LogP contribution in [0.25, 0.3) is 11.1 Å². The van der Waals surface area contributed by atoms with Crippen molar-refractivity contribution in [1.82, 2.24) is 9.97 Å². The average Bonchev–Trinajstić information content (AvgIpc) is 2.71. The van der Waals surface area contributed by atoms with Gasteiger partial charge in [-0.15, -0.1) is 0 Å². The number of nitrogens with zero attached hydrogens (tertiary/aromatic N) is 3. The zero-order chi connectivity index (χ0) is 23.7. The number of anilines is 1. The fourth-order valence-electron chi connectivity index (χ4n) is 4.08. The zero-order valence-electron chi connectivity index (χ0n) is 20.2. The summed E-state index contributed by atoms with van der Waals surface area (Å²) in [6, 6.07) is 3.75. The summed E-state index contributed by atoms with van der Waals surface area (Å²) in [4.78, 5) is 23.5. The number of carboxylic acid groups (broad SMARTS) is 1. The van der Waals surface area contributed by atoms with Crippen molar-refractivity contribution in [1.29, 1.82) is 0 Å². The van der Waals surface area contributed by atoms with Crippen LogP contribution in [0, 0.1) is 12.3 Å². The van der Waals surface area contributed by atoms with Gasteiger partial charge in [0.2, 0.25) is 5.88 Å². The molecule has 1 saturated heterocycles. The molecule has 0 radical (unpaired) electrons. The number of methoxy groups -OCH3 is 1. The second-order valence-corrected chi connectivity index (χ2v) is 10.2. The first-order chi connectivity index (χ1) is 14.9. The Morgan fingerprint density at radius 3 is 2.44 bits per heavy atom. The van der Waals surface area contributed by atoms with E-state index >= 15 is 0 Å². The predicted molar refractivity (Wildman–Crippen MR) is 125 cm³/mol. The summed E-state index contributed by atoms with van der Waals surface area (Å²) in [6.07, 6.45) is 4.42. The summed E-state index contributed by atoms with van der Waals surface area (Å²) in [6.45, 7) is 13.7. The third-order valence-electron chi connectivity index (χ3n) is 5.93. The third-order valence-corrected chi connectivity index (χ3v) is 5.93. The highest BCUT2D eigenvalue weighted by Crippen LogP contribution is 2.43. The van der Waals surface area contributed by atoms with E-state index in [1.165, 1.54) is 0 Å². The molecule has 1 aliphatic rings. The lowest BCUT2D eigenvalue weighted by atomic mass is 9.82. The number of pyridine rings is 2. The molecule has 0 bridgehead atoms. The SMILES string of the molecule is COc1cc(-c2cnc(C)c([C@H](OC(C)(C)C)C(=O)O)c2N2CCC(C)(C)CC2)ccn1. The highest BCUT2D eigenvalue weighted by Gasteiger charge is 2.35. The molecule has 1 fully saturated rings. The Labute approximate surface area is 190 Å². The van der Waals surface area contributed by atoms with Crippen LogP contribution in [0.1, 0.15) is 64.8 Å². The maximum Gasteiger partial charge on any atom is 0.337 e. The minimum atomic E-state index is -1.13. The van der Waals surface area contributed by atoms with E-state index < -0.39 is 17.7 Å². The normalized spacial score (nSPS) is 17.2. The van der Waals surface area contributed by atoms with Gasteiger partial charge in [-0.1, -0.05) is 13.8 Å². The van der Waals surface area contributed by atoms with Gasteiger partial charge < -0.3 is 19.5 Å². The van der Waals surface area contributed by atoms with E-state index in [-0.39, 0.29) is 5.41 Å². The number of carbonyl (C=O) groups is 1. The summed E-state index contributed by atoms with van der Waals surface area (Å²) >= 11 is 0. The molecule has 3 rings (SSSR count). The maximum absolute atomic E-state index is 12.4. The molecule has 0 aromatic carbocycles. The first-order valence-corrected chi connectivity index (χ1v) is 11.1. The molecule has 32 heavy (non-hydrogen) atoms. The number of hydrogen-bond acceptors (Lipinski definition) is 6. The van der Waals surface area contributed by atoms with Gasteiger partial charge in [0.15, 0.2) is 6.10 Å². The molecule has 0 aliphatic carbocycles. The predicted octanol–water partition coefficient (Wildman–Crippen LogP) is 5.03. The summed E-state index contributed by atoms with van der Waals surface area (Å²) < 4.78 is 11.4. The number of carboxylic acids is 1. The van der Waals surface area contributed by atoms with Crippen LogP contribution in [0.15, 0.2) is 24.5 Å². The Hall–Kier alpha value is -2.67. The third kappa shape index (κ3) is 5.38. The highest BCUT2D eigenvalue weighted by atomic mass is 16.5. The van der Waals surface area contributed by atoms with Crippen LogP contribution >= 0.6 is 0 Å². The fraction of sp³-hybridized carbons (Fsp3) is 0.560. The van der Waals surface area contributed by atoms with Crippen molar-refractivity contribution in [2.24, 2.45) is 5.41 Å². The molecule has 2 aromatic heterocycles.